The van der Waals surface area contributed by atoms with Crippen LogP contribution in [0.3, 0.4) is 0 Å². The average molecular weight is 443 g/mol. The molecule has 2 N–H and O–H groups in total. The number of rotatable bonds is 10. The fourth-order valence-electron chi connectivity index (χ4n) is 2.78. The van der Waals surface area contributed by atoms with Gasteiger partial charge in [0.1, 0.15) is 5.82 Å². The quantitative estimate of drug-likeness (QED) is 0.566. The van der Waals surface area contributed by atoms with Crippen molar-refractivity contribution in [3.63, 3.8) is 0 Å². The van der Waals surface area contributed by atoms with E-state index in [9.17, 15) is 18.4 Å². The van der Waals surface area contributed by atoms with E-state index in [2.05, 4.69) is 10.3 Å². The lowest BCUT2D eigenvalue weighted by Crippen LogP contribution is -2.39. The topological polar surface area (TPSA) is 121 Å². The summed E-state index contributed by atoms with van der Waals surface area (Å²) >= 11 is 0. The number of ether oxygens (including phenoxy) is 4. The summed E-state index contributed by atoms with van der Waals surface area (Å²) in [6.07, 6.45) is -1.31. The number of aliphatic hydroxyl groups excluding tert-OH is 1. The minimum atomic E-state index is -3.66. The van der Waals surface area contributed by atoms with E-state index in [4.69, 9.17) is 24.1 Å². The molecular weight excluding hydrogens is 420 g/mol. The van der Waals surface area contributed by atoms with E-state index in [1.165, 1.54) is 40.6 Å². The number of anilines is 1. The Balaban J connectivity index is 2.30. The summed E-state index contributed by atoms with van der Waals surface area (Å²) in [4.78, 5) is 28.3. The molecule has 1 aromatic heterocycles. The van der Waals surface area contributed by atoms with Crippen molar-refractivity contribution in [3.05, 3.63) is 40.4 Å². The Bertz CT molecular complexity index is 977. The van der Waals surface area contributed by atoms with E-state index in [1.807, 2.05) is 0 Å². The first kappa shape index (κ1) is 24.0. The molecular formula is C19H23F2N3O7. The van der Waals surface area contributed by atoms with Crippen LogP contribution < -0.4 is 25.2 Å². The first-order valence-electron chi connectivity index (χ1n) is 8.94. The molecule has 2 aromatic rings. The van der Waals surface area contributed by atoms with Crippen molar-refractivity contribution in [2.75, 3.05) is 40.4 Å². The molecule has 0 aliphatic heterocycles. The Labute approximate surface area is 176 Å². The van der Waals surface area contributed by atoms with E-state index in [0.29, 0.717) is 5.75 Å². The monoisotopic (exact) mass is 443 g/mol. The molecule has 1 aromatic carbocycles. The Morgan fingerprint density at radius 3 is 2.35 bits per heavy atom. The van der Waals surface area contributed by atoms with Crippen molar-refractivity contribution in [2.45, 2.75) is 18.6 Å². The Hall–Kier alpha value is -3.25. The predicted octanol–water partition coefficient (Wildman–Crippen LogP) is 1.47. The number of nitrogens with zero attached hydrogens (tertiary/aromatic N) is 2. The zero-order valence-electron chi connectivity index (χ0n) is 17.3. The van der Waals surface area contributed by atoms with Gasteiger partial charge in [-0.05, 0) is 18.2 Å². The van der Waals surface area contributed by atoms with Crippen molar-refractivity contribution < 1.29 is 37.6 Å². The highest BCUT2D eigenvalue weighted by atomic mass is 19.3. The largest absolute Gasteiger partial charge is 0.493 e. The first-order valence-corrected chi connectivity index (χ1v) is 8.94. The fourth-order valence-corrected chi connectivity index (χ4v) is 2.78. The summed E-state index contributed by atoms with van der Waals surface area (Å²) < 4.78 is 49.1. The summed E-state index contributed by atoms with van der Waals surface area (Å²) in [6, 6.07) is 0.268. The van der Waals surface area contributed by atoms with Gasteiger partial charge in [-0.3, -0.25) is 4.79 Å². The molecule has 0 fully saturated rings. The van der Waals surface area contributed by atoms with Gasteiger partial charge < -0.3 is 29.4 Å². The molecule has 1 unspecified atom stereocenters. The van der Waals surface area contributed by atoms with E-state index in [1.54, 1.807) is 0 Å². The van der Waals surface area contributed by atoms with Crippen LogP contribution in [0.25, 0.3) is 0 Å². The van der Waals surface area contributed by atoms with Crippen molar-refractivity contribution >= 4 is 11.7 Å². The lowest BCUT2D eigenvalue weighted by Gasteiger charge is -2.22. The van der Waals surface area contributed by atoms with Crippen LogP contribution in [0.15, 0.2) is 29.2 Å². The summed E-state index contributed by atoms with van der Waals surface area (Å²) in [7, 11) is 5.28. The highest BCUT2D eigenvalue weighted by Crippen LogP contribution is 2.39. The number of nitrogens with one attached hydrogen (secondary N) is 1. The summed E-state index contributed by atoms with van der Waals surface area (Å²) in [6.45, 7) is -0.643. The number of alkyl halides is 2. The van der Waals surface area contributed by atoms with Gasteiger partial charge in [-0.15, -0.1) is 0 Å². The van der Waals surface area contributed by atoms with Crippen LogP contribution in [-0.4, -0.2) is 61.7 Å². The van der Waals surface area contributed by atoms with Crippen LogP contribution in [0, 0.1) is 0 Å². The van der Waals surface area contributed by atoms with Crippen molar-refractivity contribution in [2.24, 2.45) is 0 Å². The Morgan fingerprint density at radius 1 is 1.16 bits per heavy atom. The zero-order valence-corrected chi connectivity index (χ0v) is 17.3. The summed E-state index contributed by atoms with van der Waals surface area (Å²) in [5.74, 6) is -0.375. The van der Waals surface area contributed by atoms with Crippen molar-refractivity contribution in [1.82, 2.24) is 9.55 Å². The SMILES string of the molecule is COc1ccc(C(=O)Nc2ccn(C(F)(F)CC(CO)OC)c(=O)n2)c(OC)c1OC. The lowest BCUT2D eigenvalue weighted by atomic mass is 10.1. The van der Waals surface area contributed by atoms with Crippen LogP contribution in [0.4, 0.5) is 14.6 Å². The first-order chi connectivity index (χ1) is 14.7. The maximum absolute atomic E-state index is 14.4. The number of amides is 1. The normalized spacial score (nSPS) is 12.2. The second-order valence-corrected chi connectivity index (χ2v) is 6.21. The standard InChI is InChI=1S/C19H23F2N3O7/c1-28-11(10-25)9-19(20,21)24-8-7-14(23-18(24)27)22-17(26)12-5-6-13(29-2)16(31-4)15(12)30-3/h5-8,11,25H,9-10H2,1-4H3,(H,22,23,26,27). The molecule has 1 amide bonds. The van der Waals surface area contributed by atoms with Gasteiger partial charge in [-0.2, -0.15) is 13.8 Å². The van der Waals surface area contributed by atoms with Crippen LogP contribution in [-0.2, 0) is 10.8 Å². The number of methoxy groups -OCH3 is 4. The van der Waals surface area contributed by atoms with E-state index < -0.39 is 36.8 Å². The number of benzene rings is 1. The second-order valence-electron chi connectivity index (χ2n) is 6.21. The third-order valence-corrected chi connectivity index (χ3v) is 4.36. The molecule has 31 heavy (non-hydrogen) atoms. The molecule has 0 radical (unpaired) electrons. The van der Waals surface area contributed by atoms with Gasteiger partial charge in [-0.25, -0.2) is 9.36 Å². The minimum Gasteiger partial charge on any atom is -0.493 e. The minimum absolute atomic E-state index is 0.0438. The number of halogens is 2. The number of carbonyl (C=O) groups is 1. The maximum Gasteiger partial charge on any atom is 0.354 e. The predicted molar refractivity (Wildman–Crippen MR) is 105 cm³/mol. The van der Waals surface area contributed by atoms with Crippen LogP contribution in [0.5, 0.6) is 17.2 Å². The smallest absolute Gasteiger partial charge is 0.354 e. The number of aliphatic hydroxyl groups is 1. The van der Waals surface area contributed by atoms with E-state index in [0.717, 1.165) is 12.3 Å². The van der Waals surface area contributed by atoms with Gasteiger partial charge in [0.2, 0.25) is 5.75 Å². The molecule has 0 aliphatic carbocycles. The Morgan fingerprint density at radius 2 is 1.84 bits per heavy atom. The second kappa shape index (κ2) is 10.2. The number of hydrogen-bond donors (Lipinski definition) is 2. The molecule has 10 nitrogen and oxygen atoms in total. The van der Waals surface area contributed by atoms with Gasteiger partial charge in [0, 0.05) is 13.3 Å². The van der Waals surface area contributed by atoms with Gasteiger partial charge in [0.25, 0.3) is 5.91 Å². The molecule has 1 heterocycles. The molecule has 0 spiro atoms. The highest BCUT2D eigenvalue weighted by Gasteiger charge is 2.36. The molecule has 12 heteroatoms. The van der Waals surface area contributed by atoms with E-state index in [-0.39, 0.29) is 27.4 Å². The maximum atomic E-state index is 14.4. The van der Waals surface area contributed by atoms with Crippen LogP contribution in [0.2, 0.25) is 0 Å². The van der Waals surface area contributed by atoms with Crippen molar-refractivity contribution in [3.8, 4) is 17.2 Å². The third-order valence-electron chi connectivity index (χ3n) is 4.36. The van der Waals surface area contributed by atoms with E-state index >= 15 is 0 Å². The highest BCUT2D eigenvalue weighted by molar-refractivity contribution is 6.06. The van der Waals surface area contributed by atoms with Gasteiger partial charge in [0.15, 0.2) is 11.5 Å². The van der Waals surface area contributed by atoms with Crippen molar-refractivity contribution in [1.29, 1.82) is 0 Å². The molecule has 0 bridgehead atoms. The Kier molecular flexibility index (Phi) is 7.89. The fraction of sp³-hybridized carbons (Fsp3) is 0.421. The number of aromatic nitrogens is 2. The average Bonchev–Trinajstić information content (AvgIpc) is 2.75. The molecule has 0 saturated heterocycles. The lowest BCUT2D eigenvalue weighted by molar-refractivity contribution is -0.129. The molecule has 2 rings (SSSR count). The molecule has 0 aliphatic rings. The van der Waals surface area contributed by atoms with Gasteiger partial charge >= 0.3 is 11.7 Å². The number of hydrogen-bond acceptors (Lipinski definition) is 8. The number of carbonyl (C=O) groups excluding carboxylic acids is 1. The zero-order chi connectivity index (χ0) is 23.2. The van der Waals surface area contributed by atoms with Gasteiger partial charge in [-0.1, -0.05) is 0 Å². The molecule has 170 valence electrons. The van der Waals surface area contributed by atoms with Gasteiger partial charge in [0.05, 0.1) is 46.0 Å². The third kappa shape index (κ3) is 5.27. The molecule has 0 saturated carbocycles. The van der Waals surface area contributed by atoms with Crippen LogP contribution >= 0.6 is 0 Å². The summed E-state index contributed by atoms with van der Waals surface area (Å²) in [5.41, 5.74) is -1.25. The molecule has 1 atom stereocenters. The summed E-state index contributed by atoms with van der Waals surface area (Å²) in [5, 5.41) is 11.4. The van der Waals surface area contributed by atoms with Crippen LogP contribution in [0.1, 0.15) is 16.8 Å².